The number of primary amides is 1. The van der Waals surface area contributed by atoms with Crippen LogP contribution in [0.3, 0.4) is 0 Å². The third-order valence-electron chi connectivity index (χ3n) is 13.6. The number of aromatic hydroxyl groups is 1. The number of H-pyrrole nitrogens is 1. The number of fused-ring (bicyclic) bond motifs is 1. The van der Waals surface area contributed by atoms with Crippen LogP contribution in [-0.2, 0) is 76.8 Å². The molecule has 488 valence electrons. The van der Waals surface area contributed by atoms with E-state index in [4.69, 9.17) is 22.9 Å². The van der Waals surface area contributed by atoms with Crippen molar-refractivity contribution in [3.63, 3.8) is 0 Å². The third kappa shape index (κ3) is 24.4. The van der Waals surface area contributed by atoms with Crippen molar-refractivity contribution >= 4 is 99.6 Å². The van der Waals surface area contributed by atoms with Crippen LogP contribution in [0.5, 0.6) is 5.75 Å². The fraction of sp³-hybridized carbons (Fsp3) is 0.421. The Labute approximate surface area is 519 Å². The van der Waals surface area contributed by atoms with Gasteiger partial charge in [-0.2, -0.15) is 11.8 Å². The Morgan fingerprint density at radius 3 is 1.48 bits per heavy atom. The molecule has 0 spiro atoms. The van der Waals surface area contributed by atoms with Crippen molar-refractivity contribution in [2.24, 2.45) is 27.9 Å². The molecule has 0 unspecified atom stereocenters. The summed E-state index contributed by atoms with van der Waals surface area (Å²) in [5.74, 6) is -13.5. The number of aromatic nitrogens is 1. The first-order valence-electron chi connectivity index (χ1n) is 28.1. The molecule has 0 saturated carbocycles. The van der Waals surface area contributed by atoms with Gasteiger partial charge in [-0.1, -0.05) is 60.7 Å². The molecular formula is C57H77N15O17S. The van der Waals surface area contributed by atoms with Gasteiger partial charge in [0, 0.05) is 49.3 Å². The molecule has 0 aliphatic heterocycles. The fourth-order valence-corrected chi connectivity index (χ4v) is 9.37. The zero-order valence-electron chi connectivity index (χ0n) is 49.0. The zero-order valence-corrected chi connectivity index (χ0v) is 49.8. The van der Waals surface area contributed by atoms with Gasteiger partial charge in [0.15, 0.2) is 5.96 Å². The number of aliphatic hydroxyl groups is 2. The fourth-order valence-electron chi connectivity index (χ4n) is 8.90. The largest absolute Gasteiger partial charge is 0.508 e. The molecule has 9 atom stereocenters. The smallest absolute Gasteiger partial charge is 0.326 e. The number of nitrogens with two attached hydrogens (primary N) is 4. The quantitative estimate of drug-likeness (QED) is 0.0113. The zero-order chi connectivity index (χ0) is 66.5. The van der Waals surface area contributed by atoms with E-state index in [1.807, 2.05) is 0 Å². The van der Waals surface area contributed by atoms with E-state index in [2.05, 4.69) is 57.8 Å². The molecule has 0 radical (unpaired) electrons. The number of carboxylic acids is 2. The number of hydrogen-bond donors (Lipinski definition) is 19. The number of para-hydroxylation sites is 1. The number of nitrogens with zero attached hydrogens (tertiary/aromatic N) is 1. The molecule has 0 bridgehead atoms. The van der Waals surface area contributed by atoms with Crippen molar-refractivity contribution in [1.82, 2.24) is 52.8 Å². The summed E-state index contributed by atoms with van der Waals surface area (Å²) in [6.07, 6.45) is 0.178. The number of carbonyl (C=O) groups excluding carboxylic acids is 10. The normalized spacial score (nSPS) is 14.0. The first-order valence-corrected chi connectivity index (χ1v) is 29.5. The summed E-state index contributed by atoms with van der Waals surface area (Å²) >= 11 is 1.28. The first-order chi connectivity index (χ1) is 42.9. The second-order valence-corrected chi connectivity index (χ2v) is 21.5. The van der Waals surface area contributed by atoms with E-state index in [0.29, 0.717) is 27.6 Å². The highest BCUT2D eigenvalue weighted by molar-refractivity contribution is 7.98. The molecule has 0 fully saturated rings. The Kier molecular flexibility index (Phi) is 29.9. The molecule has 10 amide bonds. The molecule has 33 heteroatoms. The lowest BCUT2D eigenvalue weighted by Crippen LogP contribution is -2.61. The molecule has 1 heterocycles. The monoisotopic (exact) mass is 1280 g/mol. The van der Waals surface area contributed by atoms with E-state index in [1.54, 1.807) is 67.0 Å². The predicted molar refractivity (Wildman–Crippen MR) is 326 cm³/mol. The molecule has 23 N–H and O–H groups in total. The van der Waals surface area contributed by atoms with Gasteiger partial charge < -0.3 is 101 Å². The minimum atomic E-state index is -1.89. The minimum absolute atomic E-state index is 0.0298. The Hall–Kier alpha value is -9.86. The summed E-state index contributed by atoms with van der Waals surface area (Å²) in [5.41, 5.74) is 23.7. The van der Waals surface area contributed by atoms with Gasteiger partial charge in [-0.05, 0) is 72.6 Å². The minimum Gasteiger partial charge on any atom is -0.508 e. The molecule has 3 aromatic carbocycles. The number of aliphatic carboxylic acids is 2. The van der Waals surface area contributed by atoms with Crippen LogP contribution in [0.15, 0.2) is 90.1 Å². The van der Waals surface area contributed by atoms with Crippen LogP contribution in [0.25, 0.3) is 10.9 Å². The van der Waals surface area contributed by atoms with Gasteiger partial charge in [0.2, 0.25) is 59.1 Å². The average molecular weight is 1280 g/mol. The van der Waals surface area contributed by atoms with Gasteiger partial charge in [-0.15, -0.1) is 0 Å². The molecule has 0 saturated heterocycles. The van der Waals surface area contributed by atoms with Gasteiger partial charge in [-0.3, -0.25) is 57.7 Å². The van der Waals surface area contributed by atoms with Gasteiger partial charge >= 0.3 is 11.9 Å². The van der Waals surface area contributed by atoms with Gasteiger partial charge in [0.25, 0.3) is 0 Å². The Bertz CT molecular complexity index is 3170. The molecule has 4 aromatic rings. The maximum absolute atomic E-state index is 14.3. The molecule has 0 aliphatic rings. The lowest BCUT2D eigenvalue weighted by molar-refractivity contribution is -0.143. The molecule has 0 aliphatic carbocycles. The number of nitrogens with one attached hydrogen (secondary N) is 10. The molecule has 90 heavy (non-hydrogen) atoms. The van der Waals surface area contributed by atoms with Gasteiger partial charge in [0.1, 0.15) is 60.1 Å². The maximum Gasteiger partial charge on any atom is 0.326 e. The number of phenolic OH excluding ortho intramolecular Hbond substituents is 1. The van der Waals surface area contributed by atoms with Gasteiger partial charge in [0.05, 0.1) is 26.2 Å². The predicted octanol–water partition coefficient (Wildman–Crippen LogP) is -5.16. The van der Waals surface area contributed by atoms with Crippen LogP contribution in [0, 0.1) is 0 Å². The summed E-state index contributed by atoms with van der Waals surface area (Å²) in [6, 6.07) is 5.75. The average Bonchev–Trinajstić information content (AvgIpc) is 1.97. The number of aromatic amines is 1. The molecule has 4 rings (SSSR count). The van der Waals surface area contributed by atoms with E-state index in [0.717, 1.165) is 0 Å². The number of guanidine groups is 1. The number of carboxylic acid groups (broad SMARTS) is 2. The van der Waals surface area contributed by atoms with E-state index in [9.17, 15) is 83.1 Å². The number of carbonyl (C=O) groups is 12. The number of rotatable bonds is 39. The SMILES string of the molecule is CSCC[C@H](NC(=O)[C@H](Cc1c[nH]c2ccccc12)NC(=O)[C@H](CO)NC(=O)[C@H](CCCN=C(N)N)NC(=O)[C@H](CO)NC(=O)[C@H](Cc1ccccc1)NC(=O)[C@H](CCC(=O)O)NC(=O)[C@H](Cc1ccc(O)cc1)NC(=O)CN)C(=O)N[C@@H](CC(N)=O)C(=O)O. The number of phenols is 1. The standard InChI is InChI=1S/C57H77N15O17S/c1-90-21-19-38(50(82)70-42(56(88)89)25-45(59)76)67-53(85)41(24-32-27-63-35-11-6-5-10-34(32)35)69-55(87)44(29-74)71-48(80)36(12-7-20-62-57(60)61)65-54(86)43(28-73)72-52(84)40(22-30-8-3-2-4-9-30)68-49(81)37(17-18-47(78)79)66-51(83)39(64-46(77)26-58)23-31-13-15-33(75)16-14-31/h2-6,8-11,13-16,27,36-44,63,73-75H,7,12,17-26,28-29,58H2,1H3,(H2,59,76)(H,64,77)(H,65,86)(H,66,83)(H,67,85)(H,68,81)(H,69,87)(H,70,82)(H,71,80)(H,72,84)(H,78,79)(H,88,89)(H4,60,61,62)/t36-,37-,38-,39-,40-,41-,42-,43-,44-/m0/s1. The summed E-state index contributed by atoms with van der Waals surface area (Å²) in [4.78, 5) is 167. The van der Waals surface area contributed by atoms with Crippen molar-refractivity contribution in [1.29, 1.82) is 0 Å². The Balaban J connectivity index is 1.60. The highest BCUT2D eigenvalue weighted by Crippen LogP contribution is 2.20. The van der Waals surface area contributed by atoms with Crippen LogP contribution in [0.1, 0.15) is 55.2 Å². The molecule has 32 nitrogen and oxygen atoms in total. The van der Waals surface area contributed by atoms with E-state index < -0.39 is 164 Å². The first kappa shape index (κ1) is 72.6. The van der Waals surface area contributed by atoms with Crippen LogP contribution in [0.4, 0.5) is 0 Å². The van der Waals surface area contributed by atoms with Crippen molar-refractivity contribution in [2.75, 3.05) is 38.3 Å². The van der Waals surface area contributed by atoms with E-state index in [-0.39, 0.29) is 62.5 Å². The molecular weight excluding hydrogens is 1200 g/mol. The summed E-state index contributed by atoms with van der Waals surface area (Å²) in [6.45, 7) is -2.88. The van der Waals surface area contributed by atoms with Crippen LogP contribution < -0.4 is 70.8 Å². The Morgan fingerprint density at radius 2 is 0.978 bits per heavy atom. The number of benzene rings is 3. The summed E-state index contributed by atoms with van der Waals surface area (Å²) < 4.78 is 0. The number of aliphatic imine (C=N–C) groups is 1. The lowest BCUT2D eigenvalue weighted by atomic mass is 10.0. The van der Waals surface area contributed by atoms with Crippen molar-refractivity contribution < 1.29 is 83.1 Å². The molecule has 1 aromatic heterocycles. The van der Waals surface area contributed by atoms with Crippen molar-refractivity contribution in [3.05, 3.63) is 102 Å². The van der Waals surface area contributed by atoms with Crippen LogP contribution >= 0.6 is 11.8 Å². The third-order valence-corrected chi connectivity index (χ3v) is 14.3. The van der Waals surface area contributed by atoms with Crippen molar-refractivity contribution in [2.45, 2.75) is 112 Å². The topological polar surface area (TPSA) is 546 Å². The van der Waals surface area contributed by atoms with Gasteiger partial charge in [-0.25, -0.2) is 4.79 Å². The second-order valence-electron chi connectivity index (χ2n) is 20.5. The highest BCUT2D eigenvalue weighted by atomic mass is 32.2. The van der Waals surface area contributed by atoms with Crippen LogP contribution in [-0.4, -0.2) is 200 Å². The van der Waals surface area contributed by atoms with Crippen LogP contribution in [0.2, 0.25) is 0 Å². The van der Waals surface area contributed by atoms with E-state index >= 15 is 0 Å². The number of thioether (sulfide) groups is 1. The van der Waals surface area contributed by atoms with E-state index in [1.165, 1.54) is 36.0 Å². The number of amides is 10. The van der Waals surface area contributed by atoms with Crippen molar-refractivity contribution in [3.8, 4) is 5.75 Å². The maximum atomic E-state index is 14.3. The second kappa shape index (κ2) is 37.1. The number of aliphatic hydroxyl groups excluding tert-OH is 2. The lowest BCUT2D eigenvalue weighted by Gasteiger charge is -2.27. The Morgan fingerprint density at radius 1 is 0.533 bits per heavy atom. The summed E-state index contributed by atoms with van der Waals surface area (Å²) in [7, 11) is 0. The number of hydrogen-bond acceptors (Lipinski definition) is 18. The highest BCUT2D eigenvalue weighted by Gasteiger charge is 2.36. The summed E-state index contributed by atoms with van der Waals surface area (Å²) in [5, 5.41) is 72.5.